The number of primary amides is 1. The summed E-state index contributed by atoms with van der Waals surface area (Å²) in [6, 6.07) is 10.5. The number of halogens is 3. The topological polar surface area (TPSA) is 72.2 Å². The summed E-state index contributed by atoms with van der Waals surface area (Å²) in [6.07, 6.45) is -4.58. The zero-order valence-corrected chi connectivity index (χ0v) is 13.4. The number of benzene rings is 2. The van der Waals surface area contributed by atoms with Crippen molar-refractivity contribution < 1.29 is 22.8 Å². The molecule has 7 heteroatoms. The van der Waals surface area contributed by atoms with Crippen LogP contribution in [-0.4, -0.2) is 17.9 Å². The van der Waals surface area contributed by atoms with Crippen molar-refractivity contribution in [2.45, 2.75) is 25.6 Å². The van der Waals surface area contributed by atoms with Gasteiger partial charge < -0.3 is 11.1 Å². The Balaban J connectivity index is 2.21. The van der Waals surface area contributed by atoms with E-state index < -0.39 is 35.2 Å². The summed E-state index contributed by atoms with van der Waals surface area (Å²) in [6.45, 7) is 1.89. The van der Waals surface area contributed by atoms with E-state index in [1.54, 1.807) is 12.1 Å². The molecule has 0 saturated heterocycles. The molecule has 2 aromatic rings. The van der Waals surface area contributed by atoms with Crippen molar-refractivity contribution in [3.8, 4) is 0 Å². The quantitative estimate of drug-likeness (QED) is 0.870. The van der Waals surface area contributed by atoms with Gasteiger partial charge in [0.2, 0.25) is 5.91 Å². The predicted octanol–water partition coefficient (Wildman–Crippen LogP) is 2.84. The smallest absolute Gasteiger partial charge is 0.368 e. The van der Waals surface area contributed by atoms with Crippen LogP contribution in [-0.2, 0) is 17.4 Å². The van der Waals surface area contributed by atoms with Crippen molar-refractivity contribution in [1.29, 1.82) is 0 Å². The van der Waals surface area contributed by atoms with Crippen molar-refractivity contribution in [3.05, 3.63) is 70.8 Å². The number of nitrogens with two attached hydrogens (primary N) is 1. The minimum atomic E-state index is -4.67. The maximum absolute atomic E-state index is 13.0. The number of rotatable bonds is 5. The summed E-state index contributed by atoms with van der Waals surface area (Å²) in [4.78, 5) is 23.9. The van der Waals surface area contributed by atoms with Crippen LogP contribution in [0.5, 0.6) is 0 Å². The molecule has 0 aliphatic carbocycles. The van der Waals surface area contributed by atoms with E-state index in [1.165, 1.54) is 12.1 Å². The third-order valence-corrected chi connectivity index (χ3v) is 3.69. The largest absolute Gasteiger partial charge is 0.417 e. The molecule has 0 heterocycles. The maximum Gasteiger partial charge on any atom is 0.417 e. The van der Waals surface area contributed by atoms with Gasteiger partial charge in [-0.2, -0.15) is 13.2 Å². The molecule has 25 heavy (non-hydrogen) atoms. The van der Waals surface area contributed by atoms with Gasteiger partial charge in [-0.3, -0.25) is 9.59 Å². The van der Waals surface area contributed by atoms with Gasteiger partial charge in [-0.25, -0.2) is 0 Å². The standard InChI is InChI=1S/C18H17F3N2O2/c1-11-6-8-12(9-7-11)10-15(16(22)24)23-17(25)13-4-2-3-5-14(13)18(19,20)21/h2-9,15H,10H2,1H3,(H2,22,24)(H,23,25)/t15-/m0/s1. The van der Waals surface area contributed by atoms with Crippen LogP contribution < -0.4 is 11.1 Å². The van der Waals surface area contributed by atoms with Gasteiger partial charge >= 0.3 is 6.18 Å². The summed E-state index contributed by atoms with van der Waals surface area (Å²) >= 11 is 0. The zero-order chi connectivity index (χ0) is 18.6. The van der Waals surface area contributed by atoms with E-state index in [1.807, 2.05) is 19.1 Å². The van der Waals surface area contributed by atoms with E-state index >= 15 is 0 Å². The molecule has 0 aliphatic heterocycles. The molecule has 2 amide bonds. The van der Waals surface area contributed by atoms with Crippen LogP contribution in [0.2, 0.25) is 0 Å². The van der Waals surface area contributed by atoms with Gasteiger partial charge in [-0.05, 0) is 24.6 Å². The van der Waals surface area contributed by atoms with Crippen molar-refractivity contribution in [1.82, 2.24) is 5.32 Å². The Morgan fingerprint density at radius 3 is 2.24 bits per heavy atom. The summed E-state index contributed by atoms with van der Waals surface area (Å²) in [7, 11) is 0. The number of carbonyl (C=O) groups is 2. The first-order valence-corrected chi connectivity index (χ1v) is 7.50. The van der Waals surface area contributed by atoms with Crippen LogP contribution in [0.4, 0.5) is 13.2 Å². The number of alkyl halides is 3. The second-order valence-corrected chi connectivity index (χ2v) is 5.66. The second-order valence-electron chi connectivity index (χ2n) is 5.66. The van der Waals surface area contributed by atoms with Crippen LogP contribution in [0.3, 0.4) is 0 Å². The van der Waals surface area contributed by atoms with E-state index in [9.17, 15) is 22.8 Å². The molecule has 0 aromatic heterocycles. The lowest BCUT2D eigenvalue weighted by Gasteiger charge is -2.18. The lowest BCUT2D eigenvalue weighted by Crippen LogP contribution is -2.46. The molecule has 0 radical (unpaired) electrons. The predicted molar refractivity (Wildman–Crippen MR) is 86.8 cm³/mol. The van der Waals surface area contributed by atoms with Gasteiger partial charge in [0.25, 0.3) is 5.91 Å². The number of amides is 2. The number of carbonyl (C=O) groups excluding carboxylic acids is 2. The van der Waals surface area contributed by atoms with Gasteiger partial charge in [0.1, 0.15) is 6.04 Å². The van der Waals surface area contributed by atoms with E-state index in [0.29, 0.717) is 0 Å². The highest BCUT2D eigenvalue weighted by atomic mass is 19.4. The average Bonchev–Trinajstić information content (AvgIpc) is 2.55. The molecule has 1 atom stereocenters. The number of nitrogens with one attached hydrogen (secondary N) is 1. The zero-order valence-electron chi connectivity index (χ0n) is 13.4. The van der Waals surface area contributed by atoms with Crippen molar-refractivity contribution >= 4 is 11.8 Å². The minimum Gasteiger partial charge on any atom is -0.368 e. The summed E-state index contributed by atoms with van der Waals surface area (Å²) in [5.41, 5.74) is 5.43. The van der Waals surface area contributed by atoms with Crippen LogP contribution in [0, 0.1) is 6.92 Å². The first-order valence-electron chi connectivity index (χ1n) is 7.50. The Hall–Kier alpha value is -2.83. The summed E-state index contributed by atoms with van der Waals surface area (Å²) in [5.74, 6) is -1.82. The fourth-order valence-corrected chi connectivity index (χ4v) is 2.35. The fraction of sp³-hybridized carbons (Fsp3) is 0.222. The molecule has 0 spiro atoms. The Labute approximate surface area is 142 Å². The first kappa shape index (κ1) is 18.5. The molecule has 0 aliphatic rings. The molecule has 2 aromatic carbocycles. The molecule has 0 bridgehead atoms. The first-order chi connectivity index (χ1) is 11.7. The highest BCUT2D eigenvalue weighted by Crippen LogP contribution is 2.31. The molecule has 0 unspecified atom stereocenters. The molecule has 3 N–H and O–H groups in total. The van der Waals surface area contributed by atoms with Crippen LogP contribution in [0.15, 0.2) is 48.5 Å². The third-order valence-electron chi connectivity index (χ3n) is 3.69. The monoisotopic (exact) mass is 350 g/mol. The van der Waals surface area contributed by atoms with E-state index in [4.69, 9.17) is 5.73 Å². The Bertz CT molecular complexity index is 771. The van der Waals surface area contributed by atoms with Crippen LogP contribution >= 0.6 is 0 Å². The van der Waals surface area contributed by atoms with E-state index in [2.05, 4.69) is 5.32 Å². The van der Waals surface area contributed by atoms with Crippen molar-refractivity contribution in [3.63, 3.8) is 0 Å². The Morgan fingerprint density at radius 1 is 1.08 bits per heavy atom. The maximum atomic E-state index is 13.0. The van der Waals surface area contributed by atoms with Crippen LogP contribution in [0.25, 0.3) is 0 Å². The fourth-order valence-electron chi connectivity index (χ4n) is 2.35. The summed E-state index contributed by atoms with van der Waals surface area (Å²) < 4.78 is 39.1. The lowest BCUT2D eigenvalue weighted by atomic mass is 10.0. The number of aryl methyl sites for hydroxylation is 1. The van der Waals surface area contributed by atoms with E-state index in [-0.39, 0.29) is 6.42 Å². The second kappa shape index (κ2) is 7.38. The molecule has 2 rings (SSSR count). The van der Waals surface area contributed by atoms with Gasteiger partial charge in [-0.1, -0.05) is 42.0 Å². The third kappa shape index (κ3) is 4.82. The Kier molecular flexibility index (Phi) is 5.46. The highest BCUT2D eigenvalue weighted by molar-refractivity contribution is 5.98. The molecule has 4 nitrogen and oxygen atoms in total. The van der Waals surface area contributed by atoms with Crippen molar-refractivity contribution in [2.75, 3.05) is 0 Å². The molecule has 0 fully saturated rings. The highest BCUT2D eigenvalue weighted by Gasteiger charge is 2.35. The molecular formula is C18H17F3N2O2. The van der Waals surface area contributed by atoms with Gasteiger partial charge in [0, 0.05) is 6.42 Å². The SMILES string of the molecule is Cc1ccc(C[C@H](NC(=O)c2ccccc2C(F)(F)F)C(N)=O)cc1. The Morgan fingerprint density at radius 2 is 1.68 bits per heavy atom. The van der Waals surface area contributed by atoms with Gasteiger partial charge in [0.15, 0.2) is 0 Å². The number of hydrogen-bond acceptors (Lipinski definition) is 2. The average molecular weight is 350 g/mol. The van der Waals surface area contributed by atoms with Crippen molar-refractivity contribution in [2.24, 2.45) is 5.73 Å². The lowest BCUT2D eigenvalue weighted by molar-refractivity contribution is -0.137. The normalized spacial score (nSPS) is 12.5. The molecule has 132 valence electrons. The van der Waals surface area contributed by atoms with Gasteiger partial charge in [-0.15, -0.1) is 0 Å². The molecular weight excluding hydrogens is 333 g/mol. The summed E-state index contributed by atoms with van der Waals surface area (Å²) in [5, 5.41) is 2.29. The van der Waals surface area contributed by atoms with Crippen LogP contribution in [0.1, 0.15) is 27.0 Å². The minimum absolute atomic E-state index is 0.0928. The number of hydrogen-bond donors (Lipinski definition) is 2. The molecule has 0 saturated carbocycles. The van der Waals surface area contributed by atoms with E-state index in [0.717, 1.165) is 23.3 Å². The van der Waals surface area contributed by atoms with Gasteiger partial charge in [0.05, 0.1) is 11.1 Å².